The Bertz CT molecular complexity index is 605. The van der Waals surface area contributed by atoms with Crippen LogP contribution in [0.4, 0.5) is 0 Å². The summed E-state index contributed by atoms with van der Waals surface area (Å²) in [7, 11) is 0. The average molecular weight is 333 g/mol. The zero-order valence-corrected chi connectivity index (χ0v) is 14.4. The molecule has 4 aliphatic rings. The SMILES string of the molecule is CC(C)C1=NC23SC=CC2=NC=CC3N1[C@H]1CC[C@H](CO)OC1. The molecular weight excluding hydrogens is 310 g/mol. The number of hydrogen-bond acceptors (Lipinski definition) is 6. The van der Waals surface area contributed by atoms with Gasteiger partial charge in [-0.1, -0.05) is 25.6 Å². The molecule has 1 N–H and O–H groups in total. The number of rotatable bonds is 3. The molecule has 0 aromatic rings. The largest absolute Gasteiger partial charge is 0.394 e. The third kappa shape index (κ3) is 2.30. The Kier molecular flexibility index (Phi) is 3.86. The highest BCUT2D eigenvalue weighted by Crippen LogP contribution is 2.48. The van der Waals surface area contributed by atoms with Gasteiger partial charge in [-0.05, 0) is 30.4 Å². The summed E-state index contributed by atoms with van der Waals surface area (Å²) < 4.78 is 5.85. The van der Waals surface area contributed by atoms with E-state index in [4.69, 9.17) is 9.73 Å². The second kappa shape index (κ2) is 5.76. The summed E-state index contributed by atoms with van der Waals surface area (Å²) in [5.41, 5.74) is 1.06. The van der Waals surface area contributed by atoms with Crippen LogP contribution in [0, 0.1) is 5.92 Å². The van der Waals surface area contributed by atoms with Crippen molar-refractivity contribution in [2.45, 2.75) is 49.7 Å². The number of aliphatic hydroxyl groups is 1. The van der Waals surface area contributed by atoms with Crippen molar-refractivity contribution in [1.82, 2.24) is 4.90 Å². The molecule has 1 spiro atoms. The van der Waals surface area contributed by atoms with Crippen molar-refractivity contribution >= 4 is 23.3 Å². The van der Waals surface area contributed by atoms with Crippen molar-refractivity contribution < 1.29 is 9.84 Å². The lowest BCUT2D eigenvalue weighted by Crippen LogP contribution is -2.55. The summed E-state index contributed by atoms with van der Waals surface area (Å²) in [5.74, 6) is 1.52. The van der Waals surface area contributed by atoms with E-state index in [0.717, 1.165) is 24.4 Å². The van der Waals surface area contributed by atoms with Crippen molar-refractivity contribution in [3.05, 3.63) is 23.8 Å². The summed E-state index contributed by atoms with van der Waals surface area (Å²) in [6.45, 7) is 5.17. The Balaban J connectivity index is 1.66. The maximum Gasteiger partial charge on any atom is 0.177 e. The van der Waals surface area contributed by atoms with E-state index in [1.54, 1.807) is 11.8 Å². The Morgan fingerprint density at radius 2 is 2.35 bits per heavy atom. The molecule has 1 saturated heterocycles. The Morgan fingerprint density at radius 3 is 3.04 bits per heavy atom. The number of nitrogens with zero attached hydrogens (tertiary/aromatic N) is 3. The highest BCUT2D eigenvalue weighted by atomic mass is 32.2. The van der Waals surface area contributed by atoms with Crippen LogP contribution in [0.3, 0.4) is 0 Å². The lowest BCUT2D eigenvalue weighted by atomic mass is 9.96. The molecule has 2 unspecified atom stereocenters. The molecule has 23 heavy (non-hydrogen) atoms. The van der Waals surface area contributed by atoms with Crippen LogP contribution in [0.25, 0.3) is 0 Å². The van der Waals surface area contributed by atoms with Crippen LogP contribution in [-0.4, -0.2) is 57.8 Å². The maximum absolute atomic E-state index is 9.29. The molecule has 0 radical (unpaired) electrons. The van der Waals surface area contributed by atoms with Crippen LogP contribution in [0.1, 0.15) is 26.7 Å². The molecule has 0 aromatic heterocycles. The van der Waals surface area contributed by atoms with Crippen LogP contribution in [0.15, 0.2) is 33.7 Å². The van der Waals surface area contributed by atoms with Gasteiger partial charge in [0, 0.05) is 12.1 Å². The van der Waals surface area contributed by atoms with Gasteiger partial charge in [0.1, 0.15) is 5.84 Å². The van der Waals surface area contributed by atoms with E-state index in [9.17, 15) is 5.11 Å². The predicted molar refractivity (Wildman–Crippen MR) is 93.8 cm³/mol. The Hall–Kier alpha value is -1.11. The van der Waals surface area contributed by atoms with Crippen molar-refractivity contribution in [2.24, 2.45) is 15.9 Å². The second-order valence-electron chi connectivity index (χ2n) is 6.82. The molecule has 4 aliphatic heterocycles. The number of aliphatic hydroxyl groups excluding tert-OH is 1. The van der Waals surface area contributed by atoms with E-state index in [1.165, 1.54) is 0 Å². The zero-order chi connectivity index (χ0) is 16.0. The summed E-state index contributed by atoms with van der Waals surface area (Å²) in [6, 6.07) is 0.514. The van der Waals surface area contributed by atoms with Crippen LogP contribution < -0.4 is 0 Å². The first kappa shape index (κ1) is 15.4. The van der Waals surface area contributed by atoms with Crippen LogP contribution in [0.5, 0.6) is 0 Å². The van der Waals surface area contributed by atoms with Crippen LogP contribution in [0.2, 0.25) is 0 Å². The topological polar surface area (TPSA) is 57.4 Å². The first-order valence-electron chi connectivity index (χ1n) is 8.35. The molecular formula is C17H23N3O2S. The lowest BCUT2D eigenvalue weighted by Gasteiger charge is -2.42. The van der Waals surface area contributed by atoms with Gasteiger partial charge in [0.2, 0.25) is 0 Å². The predicted octanol–water partition coefficient (Wildman–Crippen LogP) is 2.19. The van der Waals surface area contributed by atoms with Gasteiger partial charge in [0.05, 0.1) is 37.1 Å². The fourth-order valence-electron chi connectivity index (χ4n) is 3.87. The van der Waals surface area contributed by atoms with Gasteiger partial charge in [-0.2, -0.15) is 0 Å². The maximum atomic E-state index is 9.29. The van der Waals surface area contributed by atoms with E-state index in [2.05, 4.69) is 41.3 Å². The molecule has 1 fully saturated rings. The minimum absolute atomic E-state index is 0.0104. The van der Waals surface area contributed by atoms with Gasteiger partial charge in [-0.15, -0.1) is 0 Å². The van der Waals surface area contributed by atoms with Crippen LogP contribution >= 0.6 is 11.8 Å². The van der Waals surface area contributed by atoms with E-state index in [-0.39, 0.29) is 23.6 Å². The number of ether oxygens (including phenoxy) is 1. The Labute approximate surface area is 141 Å². The fourth-order valence-corrected chi connectivity index (χ4v) is 5.00. The first-order valence-corrected chi connectivity index (χ1v) is 9.23. The number of aliphatic imine (C=N–C) groups is 2. The molecule has 0 aliphatic carbocycles. The molecule has 0 saturated carbocycles. The van der Waals surface area contributed by atoms with Crippen molar-refractivity contribution in [2.75, 3.05) is 13.2 Å². The molecule has 0 amide bonds. The molecule has 6 heteroatoms. The van der Waals surface area contributed by atoms with E-state index < -0.39 is 0 Å². The molecule has 0 bridgehead atoms. The normalized spacial score (nSPS) is 38.6. The average Bonchev–Trinajstić information content (AvgIpc) is 3.13. The van der Waals surface area contributed by atoms with E-state index in [1.807, 2.05) is 6.20 Å². The summed E-state index contributed by atoms with van der Waals surface area (Å²) in [4.78, 5) is 11.9. The van der Waals surface area contributed by atoms with Crippen LogP contribution in [-0.2, 0) is 4.74 Å². The number of hydrogen-bond donors (Lipinski definition) is 1. The summed E-state index contributed by atoms with van der Waals surface area (Å²) in [5, 5.41) is 11.4. The Morgan fingerprint density at radius 1 is 1.48 bits per heavy atom. The smallest absolute Gasteiger partial charge is 0.177 e. The number of thioether (sulfide) groups is 1. The van der Waals surface area contributed by atoms with E-state index >= 15 is 0 Å². The van der Waals surface area contributed by atoms with Crippen molar-refractivity contribution in [3.63, 3.8) is 0 Å². The highest BCUT2D eigenvalue weighted by molar-refractivity contribution is 8.04. The van der Waals surface area contributed by atoms with Gasteiger partial charge in [0.15, 0.2) is 4.87 Å². The third-order valence-electron chi connectivity index (χ3n) is 5.03. The van der Waals surface area contributed by atoms with E-state index in [0.29, 0.717) is 18.6 Å². The van der Waals surface area contributed by atoms with Gasteiger partial charge < -0.3 is 14.7 Å². The summed E-state index contributed by atoms with van der Waals surface area (Å²) in [6.07, 6.45) is 8.11. The fraction of sp³-hybridized carbons (Fsp3) is 0.647. The zero-order valence-electron chi connectivity index (χ0n) is 13.6. The molecule has 4 heterocycles. The minimum Gasteiger partial charge on any atom is -0.394 e. The molecule has 124 valence electrons. The van der Waals surface area contributed by atoms with Gasteiger partial charge in [-0.3, -0.25) is 4.99 Å². The molecule has 4 rings (SSSR count). The van der Waals surface area contributed by atoms with Gasteiger partial charge >= 0.3 is 0 Å². The highest BCUT2D eigenvalue weighted by Gasteiger charge is 2.55. The first-order chi connectivity index (χ1) is 11.2. The molecule has 4 atom stereocenters. The molecule has 5 nitrogen and oxygen atoms in total. The van der Waals surface area contributed by atoms with Gasteiger partial charge in [-0.25, -0.2) is 4.99 Å². The number of amidine groups is 1. The van der Waals surface area contributed by atoms with Crippen molar-refractivity contribution in [1.29, 1.82) is 0 Å². The molecule has 0 aromatic carbocycles. The standard InChI is InChI=1S/C17H23N3O2S/c1-11(2)16-19-17-14(6-8-23-17)18-7-5-15(17)20(16)12-3-4-13(9-21)22-10-12/h5-8,11-13,15,21H,3-4,9-10H2,1-2H3/t12-,13+,15?,17?/m0/s1. The van der Waals surface area contributed by atoms with Crippen molar-refractivity contribution in [3.8, 4) is 0 Å². The lowest BCUT2D eigenvalue weighted by molar-refractivity contribution is -0.0490. The summed E-state index contributed by atoms with van der Waals surface area (Å²) >= 11 is 1.77. The van der Waals surface area contributed by atoms with Gasteiger partial charge in [0.25, 0.3) is 0 Å². The quantitative estimate of drug-likeness (QED) is 0.860. The third-order valence-corrected chi connectivity index (χ3v) is 6.20. The monoisotopic (exact) mass is 333 g/mol. The second-order valence-corrected chi connectivity index (χ2v) is 7.95. The minimum atomic E-state index is -0.303.